The third-order valence-electron chi connectivity index (χ3n) is 17.9. The number of hydrogen-bond donors (Lipinski definition) is 0. The van der Waals surface area contributed by atoms with Crippen molar-refractivity contribution in [3.05, 3.63) is 71.8 Å². The Labute approximate surface area is 176 Å². The maximum absolute atomic E-state index is 11.5. The Kier molecular flexibility index (Phi) is 1.04. The van der Waals surface area contributed by atoms with Crippen LogP contribution in [0, 0.1) is 5.92 Å². The zero-order valence-electron chi connectivity index (χ0n) is 18.0. The van der Waals surface area contributed by atoms with Gasteiger partial charge in [0.25, 0.3) is 0 Å². The Morgan fingerprint density at radius 3 is 1.28 bits per heavy atom. The Bertz CT molecular complexity index is 1540. The van der Waals surface area contributed by atoms with Gasteiger partial charge in [0, 0.05) is 0 Å². The van der Waals surface area contributed by atoms with Crippen LogP contribution < -0.4 is 0 Å². The molecule has 12 rings (SSSR count). The Balaban J connectivity index is 0.0000000922. The van der Waals surface area contributed by atoms with Crippen molar-refractivity contribution in [2.24, 2.45) is 5.92 Å². The van der Waals surface area contributed by atoms with Gasteiger partial charge in [-0.2, -0.15) is 0 Å². The molecule has 10 fully saturated rings. The van der Waals surface area contributed by atoms with Gasteiger partial charge in [0.05, 0.1) is 11.1 Å². The number of carbonyl (C=O) groups is 2. The van der Waals surface area contributed by atoms with Gasteiger partial charge >= 0.3 is 85.9 Å². The summed E-state index contributed by atoms with van der Waals surface area (Å²) in [7, 11) is 0. The average molecular weight is 470 g/mol. The Morgan fingerprint density at radius 1 is 0.688 bits per heavy atom. The van der Waals surface area contributed by atoms with Crippen LogP contribution in [0.25, 0.3) is 0 Å². The van der Waals surface area contributed by atoms with Crippen molar-refractivity contribution in [3.63, 3.8) is 0 Å². The van der Waals surface area contributed by atoms with Gasteiger partial charge in [-0.3, -0.25) is 0 Å². The van der Waals surface area contributed by atoms with Crippen LogP contribution in [0.5, 0.6) is 0 Å². The van der Waals surface area contributed by atoms with Crippen molar-refractivity contribution in [2.75, 3.05) is 0 Å². The van der Waals surface area contributed by atoms with Crippen molar-refractivity contribution in [1.82, 2.24) is 0 Å². The quantitative estimate of drug-likeness (QED) is 0.275. The first-order chi connectivity index (χ1) is 15.3. The molecule has 2 aromatic rings. The topological polar surface area (TPSA) is 52.6 Å². The monoisotopic (exact) mass is 470 g/mol. The molecular formula is C27H26FeO4. The second kappa shape index (κ2) is 2.12. The molecule has 32 heavy (non-hydrogen) atoms. The third kappa shape index (κ3) is 0.334. The fraction of sp³-hybridized carbons (Fsp3) is 0.481. The van der Waals surface area contributed by atoms with Gasteiger partial charge in [-0.05, 0) is 24.3 Å². The molecule has 0 radical (unpaired) electrons. The average Bonchev–Trinajstić information content (AvgIpc) is 3.76. The van der Waals surface area contributed by atoms with Gasteiger partial charge < -0.3 is 0 Å². The molecule has 166 valence electrons. The summed E-state index contributed by atoms with van der Waals surface area (Å²) in [6.07, 6.45) is 0. The van der Waals surface area contributed by atoms with E-state index >= 15 is 0 Å². The van der Waals surface area contributed by atoms with E-state index in [-0.39, 0.29) is 0 Å². The molecule has 10 heterocycles. The van der Waals surface area contributed by atoms with Gasteiger partial charge in [0.15, 0.2) is 0 Å². The van der Waals surface area contributed by atoms with Gasteiger partial charge in [-0.25, -0.2) is 19.4 Å². The maximum Gasteiger partial charge on any atom is 0.386 e. The van der Waals surface area contributed by atoms with Crippen molar-refractivity contribution in [2.45, 2.75) is 61.5 Å². The minimum Gasteiger partial charge on any atom is -0.242 e. The molecule has 2 aromatic carbocycles. The van der Waals surface area contributed by atoms with Crippen LogP contribution in [-0.4, -0.2) is 11.9 Å². The minimum atomic E-state index is -2.59. The predicted octanol–water partition coefficient (Wildman–Crippen LogP) is 7.02. The minimum absolute atomic E-state index is 0.318. The van der Waals surface area contributed by atoms with Gasteiger partial charge in [0.1, 0.15) is 0 Å². The first-order valence-electron chi connectivity index (χ1n) is 12.0. The van der Waals surface area contributed by atoms with E-state index in [1.165, 1.54) is 13.9 Å². The van der Waals surface area contributed by atoms with Crippen molar-refractivity contribution >= 4 is 11.9 Å². The number of benzene rings is 2. The largest absolute Gasteiger partial charge is 0.386 e. The molecule has 4 nitrogen and oxygen atoms in total. The molecule has 0 bridgehead atoms. The molecule has 10 aliphatic rings. The van der Waals surface area contributed by atoms with E-state index in [4.69, 9.17) is 0 Å². The van der Waals surface area contributed by atoms with Gasteiger partial charge in [-0.1, -0.05) is 36.4 Å². The van der Waals surface area contributed by atoms with Crippen LogP contribution in [-0.2, 0) is 16.3 Å². The van der Waals surface area contributed by atoms with E-state index in [1.54, 1.807) is 94.4 Å². The zero-order chi connectivity index (χ0) is 21.4. The van der Waals surface area contributed by atoms with Crippen LogP contribution in [0.1, 0.15) is 34.6 Å². The van der Waals surface area contributed by atoms with E-state index < -0.39 is 18.4 Å². The van der Waals surface area contributed by atoms with E-state index in [1.807, 2.05) is 0 Å². The van der Waals surface area contributed by atoms with Crippen molar-refractivity contribution in [1.29, 1.82) is 0 Å². The van der Waals surface area contributed by atoms with E-state index in [0.29, 0.717) is 11.1 Å². The molecule has 1 spiro atoms. The Morgan fingerprint density at radius 2 is 1.06 bits per heavy atom. The van der Waals surface area contributed by atoms with Gasteiger partial charge in [0.2, 0.25) is 0 Å². The molecular weight excluding hydrogens is 444 g/mol. The molecule has 5 heteroatoms. The first kappa shape index (κ1) is 15.7. The molecule has 10 aliphatic heterocycles. The molecule has 10 saturated heterocycles. The summed E-state index contributed by atoms with van der Waals surface area (Å²) in [5, 5.41) is 0. The van der Waals surface area contributed by atoms with Crippen LogP contribution in [0.15, 0.2) is 60.7 Å². The smallest absolute Gasteiger partial charge is 0.242 e. The van der Waals surface area contributed by atoms with Crippen LogP contribution in [0.4, 0.5) is 0 Å². The number of rotatable bonds is 3. The second-order valence-corrected chi connectivity index (χ2v) is 38.0. The zero-order valence-corrected chi connectivity index (χ0v) is 19.1. The molecule has 4 atom stereocenters. The van der Waals surface area contributed by atoms with Crippen molar-refractivity contribution < 1.29 is 25.9 Å². The number of hydrogen-bond acceptors (Lipinski definition) is 4. The summed E-state index contributed by atoms with van der Waals surface area (Å²) in [4.78, 5) is 45.8. The molecule has 0 saturated carbocycles. The van der Waals surface area contributed by atoms with Crippen LogP contribution >= 0.6 is 0 Å². The molecule has 0 amide bonds. The third-order valence-corrected chi connectivity index (χ3v) is 60.8. The van der Waals surface area contributed by atoms with Gasteiger partial charge in [-0.15, -0.1) is 0 Å². The number of carbonyl (C=O) groups excluding carboxylic acids is 2. The molecule has 0 aromatic heterocycles. The molecule has 0 aliphatic carbocycles. The predicted molar refractivity (Wildman–Crippen MR) is 115 cm³/mol. The van der Waals surface area contributed by atoms with Crippen LogP contribution in [0.2, 0.25) is 47.7 Å². The van der Waals surface area contributed by atoms with E-state index in [2.05, 4.69) is 23.6 Å². The fourth-order valence-corrected chi connectivity index (χ4v) is 95.9. The van der Waals surface area contributed by atoms with Crippen molar-refractivity contribution in [3.8, 4) is 0 Å². The van der Waals surface area contributed by atoms with E-state index in [0.717, 1.165) is 5.92 Å². The summed E-state index contributed by atoms with van der Waals surface area (Å²) in [5.74, 6) is -0.281. The second-order valence-electron chi connectivity index (χ2n) is 14.4. The fourth-order valence-electron chi connectivity index (χ4n) is 19.3. The molecule has 0 N–H and O–H groups in total. The van der Waals surface area contributed by atoms with Crippen LogP contribution in [0.3, 0.4) is 0 Å². The molecule has 4 unspecified atom stereocenters. The SMILES string of the molecule is CC(C)[C]12[CH]3[CH]4[CH]5[CH]1[Fe]45321678[CH]2[CH]1[CH]6[CH]7[CH]28.O=C(OOC(=O)c1ccccc1)c1ccccc1. The number of fused-ring (bicyclic) bond motifs is 10. The maximum atomic E-state index is 11.5. The first-order valence-corrected chi connectivity index (χ1v) is 18.3. The summed E-state index contributed by atoms with van der Waals surface area (Å²) < 4.78 is 1.19. The summed E-state index contributed by atoms with van der Waals surface area (Å²) in [6.45, 7) is 2.66. The van der Waals surface area contributed by atoms with E-state index in [9.17, 15) is 9.59 Å². The normalized spacial score (nSPS) is 67.8. The standard InChI is InChI=1S/C14H10O4.C8H11.C5H5.Fe/c15-13(11-7-3-1-4-8-11)17-18-14(16)12-9-5-2-6-10-12;1-7(2)8-5-3-4-6-8;1-2-4-5-3-1;/h1-10H;3-7H,1-2H3;1-5H;. The summed E-state index contributed by atoms with van der Waals surface area (Å²) in [6, 6.07) is 16.6. The summed E-state index contributed by atoms with van der Waals surface area (Å²) in [5.41, 5.74) is 0.636. The summed E-state index contributed by atoms with van der Waals surface area (Å²) >= 11 is 0. The Hall–Kier alpha value is -2.10.